The van der Waals surface area contributed by atoms with Gasteiger partial charge in [-0.2, -0.15) is 4.98 Å². The Labute approximate surface area is 239 Å². The SMILES string of the molecule is O=C(Nc1ccn([C@H]2C[C@H](OCc3ccccc3[N+](=O)[O-])[C@@H](CO)O2)c(=O)n1)OCc1ccc(-c2ccccn2)cc1. The monoisotopic (exact) mass is 573 g/mol. The van der Waals surface area contributed by atoms with Gasteiger partial charge in [-0.1, -0.05) is 42.5 Å². The third kappa shape index (κ3) is 6.83. The van der Waals surface area contributed by atoms with E-state index in [1.54, 1.807) is 24.4 Å². The summed E-state index contributed by atoms with van der Waals surface area (Å²) in [5.74, 6) is -0.00681. The quantitative estimate of drug-likeness (QED) is 0.210. The number of ether oxygens (including phenoxy) is 3. The molecule has 5 rings (SSSR count). The molecule has 3 atom stereocenters. The molecular weight excluding hydrogens is 546 g/mol. The number of benzene rings is 2. The van der Waals surface area contributed by atoms with Crippen LogP contribution in [0.3, 0.4) is 0 Å². The molecule has 0 radical (unpaired) electrons. The highest BCUT2D eigenvalue weighted by atomic mass is 16.6. The number of nitro benzene ring substituents is 1. The van der Waals surface area contributed by atoms with Gasteiger partial charge in [-0.15, -0.1) is 0 Å². The molecule has 216 valence electrons. The normalized spacial score (nSPS) is 18.0. The maximum atomic E-state index is 12.7. The number of aromatic nitrogens is 3. The third-order valence-electron chi connectivity index (χ3n) is 6.66. The summed E-state index contributed by atoms with van der Waals surface area (Å²) in [7, 11) is 0. The van der Waals surface area contributed by atoms with E-state index in [1.165, 1.54) is 22.9 Å². The molecule has 1 saturated heterocycles. The number of aliphatic hydroxyl groups is 1. The summed E-state index contributed by atoms with van der Waals surface area (Å²) in [6.07, 6.45) is 0.354. The van der Waals surface area contributed by atoms with Crippen LogP contribution in [0.15, 0.2) is 90.0 Å². The van der Waals surface area contributed by atoms with E-state index in [-0.39, 0.29) is 37.7 Å². The fraction of sp³-hybridized carbons (Fsp3) is 0.241. The molecule has 0 bridgehead atoms. The van der Waals surface area contributed by atoms with E-state index in [9.17, 15) is 24.8 Å². The molecule has 2 aromatic heterocycles. The van der Waals surface area contributed by atoms with E-state index in [2.05, 4.69) is 15.3 Å². The van der Waals surface area contributed by atoms with Gasteiger partial charge in [0.15, 0.2) is 0 Å². The summed E-state index contributed by atoms with van der Waals surface area (Å²) >= 11 is 0. The topological polar surface area (TPSA) is 168 Å². The van der Waals surface area contributed by atoms with E-state index < -0.39 is 35.1 Å². The average Bonchev–Trinajstić information content (AvgIpc) is 3.42. The average molecular weight is 574 g/mol. The lowest BCUT2D eigenvalue weighted by atomic mass is 10.1. The molecule has 1 aliphatic rings. The van der Waals surface area contributed by atoms with Gasteiger partial charge in [0.1, 0.15) is 24.8 Å². The number of nitrogens with zero attached hydrogens (tertiary/aromatic N) is 4. The van der Waals surface area contributed by atoms with Gasteiger partial charge in [0.2, 0.25) is 0 Å². The lowest BCUT2D eigenvalue weighted by Crippen LogP contribution is -2.29. The summed E-state index contributed by atoms with van der Waals surface area (Å²) in [6.45, 7) is -0.435. The number of carbonyl (C=O) groups excluding carboxylic acids is 1. The Kier molecular flexibility index (Phi) is 8.92. The fourth-order valence-corrected chi connectivity index (χ4v) is 4.51. The zero-order chi connectivity index (χ0) is 29.5. The van der Waals surface area contributed by atoms with Crippen LogP contribution in [0, 0.1) is 10.1 Å². The second-order valence-corrected chi connectivity index (χ2v) is 9.40. The van der Waals surface area contributed by atoms with Crippen molar-refractivity contribution < 1.29 is 29.0 Å². The highest BCUT2D eigenvalue weighted by Crippen LogP contribution is 2.31. The van der Waals surface area contributed by atoms with Crippen LogP contribution in [0.25, 0.3) is 11.3 Å². The number of nitro groups is 1. The first-order valence-electron chi connectivity index (χ1n) is 13.0. The van der Waals surface area contributed by atoms with Crippen molar-refractivity contribution in [2.75, 3.05) is 11.9 Å². The zero-order valence-corrected chi connectivity index (χ0v) is 22.2. The van der Waals surface area contributed by atoms with Crippen molar-refractivity contribution in [1.82, 2.24) is 14.5 Å². The third-order valence-corrected chi connectivity index (χ3v) is 6.66. The minimum absolute atomic E-state index is 0.00681. The van der Waals surface area contributed by atoms with E-state index in [4.69, 9.17) is 14.2 Å². The van der Waals surface area contributed by atoms with Crippen LogP contribution >= 0.6 is 0 Å². The maximum Gasteiger partial charge on any atom is 0.413 e. The first-order valence-corrected chi connectivity index (χ1v) is 13.0. The predicted octanol–water partition coefficient (Wildman–Crippen LogP) is 3.83. The van der Waals surface area contributed by atoms with Crippen molar-refractivity contribution in [2.45, 2.75) is 38.1 Å². The van der Waals surface area contributed by atoms with Gasteiger partial charge in [-0.3, -0.25) is 25.0 Å². The fourth-order valence-electron chi connectivity index (χ4n) is 4.51. The molecule has 42 heavy (non-hydrogen) atoms. The minimum Gasteiger partial charge on any atom is -0.444 e. The standard InChI is InChI=1S/C29H27N5O8/c35-16-25-24(40-18-21-5-1-2-7-23(21)34(38)39)15-27(42-25)33-14-12-26(31-28(33)36)32-29(37)41-17-19-8-10-20(11-9-19)22-6-3-4-13-30-22/h1-14,24-25,27,35H,15-18H2,(H,31,32,36,37)/t24-,25+,27+/m0/s1. The van der Waals surface area contributed by atoms with Gasteiger partial charge in [-0.25, -0.2) is 9.59 Å². The number of para-hydroxylation sites is 1. The van der Waals surface area contributed by atoms with Crippen LogP contribution in [-0.4, -0.2) is 49.5 Å². The molecular formula is C29H27N5O8. The number of carbonyl (C=O) groups is 1. The summed E-state index contributed by atoms with van der Waals surface area (Å²) in [5.41, 5.74) is 2.14. The first kappa shape index (κ1) is 28.5. The van der Waals surface area contributed by atoms with Gasteiger partial charge >= 0.3 is 11.8 Å². The Hall–Kier alpha value is -4.98. The second kappa shape index (κ2) is 13.1. The highest BCUT2D eigenvalue weighted by Gasteiger charge is 2.37. The van der Waals surface area contributed by atoms with Crippen molar-refractivity contribution in [3.8, 4) is 11.3 Å². The van der Waals surface area contributed by atoms with Crippen LogP contribution < -0.4 is 11.0 Å². The Morgan fingerprint density at radius 3 is 2.60 bits per heavy atom. The number of aliphatic hydroxyl groups excluding tert-OH is 1. The van der Waals surface area contributed by atoms with Gasteiger partial charge in [-0.05, 0) is 29.8 Å². The Morgan fingerprint density at radius 1 is 1.10 bits per heavy atom. The molecule has 0 aliphatic carbocycles. The van der Waals surface area contributed by atoms with E-state index >= 15 is 0 Å². The minimum atomic E-state index is -0.798. The Balaban J connectivity index is 1.15. The maximum absolute atomic E-state index is 12.7. The van der Waals surface area contributed by atoms with Crippen LogP contribution in [0.5, 0.6) is 0 Å². The molecule has 1 amide bonds. The summed E-state index contributed by atoms with van der Waals surface area (Å²) in [5, 5.41) is 23.5. The second-order valence-electron chi connectivity index (χ2n) is 9.40. The van der Waals surface area contributed by atoms with Crippen LogP contribution in [0.2, 0.25) is 0 Å². The Morgan fingerprint density at radius 2 is 1.88 bits per heavy atom. The van der Waals surface area contributed by atoms with Crippen LogP contribution in [0.4, 0.5) is 16.3 Å². The van der Waals surface area contributed by atoms with Gasteiger partial charge < -0.3 is 19.3 Å². The highest BCUT2D eigenvalue weighted by molar-refractivity contribution is 5.83. The zero-order valence-electron chi connectivity index (χ0n) is 22.2. The Bertz CT molecular complexity index is 1600. The van der Waals surface area contributed by atoms with Gasteiger partial charge in [0.05, 0.1) is 35.5 Å². The number of pyridine rings is 1. The van der Waals surface area contributed by atoms with Gasteiger partial charge in [0, 0.05) is 30.4 Å². The van der Waals surface area contributed by atoms with Crippen molar-refractivity contribution in [3.63, 3.8) is 0 Å². The summed E-state index contributed by atoms with van der Waals surface area (Å²) < 4.78 is 18.1. The summed E-state index contributed by atoms with van der Waals surface area (Å²) in [6, 6.07) is 20.7. The summed E-state index contributed by atoms with van der Waals surface area (Å²) in [4.78, 5) is 44.0. The van der Waals surface area contributed by atoms with Crippen LogP contribution in [-0.2, 0) is 27.4 Å². The van der Waals surface area contributed by atoms with Crippen molar-refractivity contribution in [2.24, 2.45) is 0 Å². The molecule has 1 aliphatic heterocycles. The van der Waals surface area contributed by atoms with E-state index in [0.29, 0.717) is 5.56 Å². The molecule has 0 unspecified atom stereocenters. The molecule has 3 heterocycles. The molecule has 2 aromatic carbocycles. The number of amides is 1. The molecule has 0 saturated carbocycles. The largest absolute Gasteiger partial charge is 0.444 e. The number of anilines is 1. The predicted molar refractivity (Wildman–Crippen MR) is 149 cm³/mol. The number of hydrogen-bond acceptors (Lipinski definition) is 10. The lowest BCUT2D eigenvalue weighted by Gasteiger charge is -2.16. The molecule has 4 aromatic rings. The van der Waals surface area contributed by atoms with Crippen molar-refractivity contribution in [3.05, 3.63) is 117 Å². The number of hydrogen-bond donors (Lipinski definition) is 2. The van der Waals surface area contributed by atoms with Gasteiger partial charge in [0.25, 0.3) is 5.69 Å². The molecule has 13 nitrogen and oxygen atoms in total. The molecule has 0 spiro atoms. The molecule has 2 N–H and O–H groups in total. The number of rotatable bonds is 10. The van der Waals surface area contributed by atoms with E-state index in [0.717, 1.165) is 16.8 Å². The van der Waals surface area contributed by atoms with Crippen molar-refractivity contribution in [1.29, 1.82) is 0 Å². The van der Waals surface area contributed by atoms with Crippen molar-refractivity contribution >= 4 is 17.6 Å². The first-order chi connectivity index (χ1) is 20.4. The smallest absolute Gasteiger partial charge is 0.413 e. The van der Waals surface area contributed by atoms with E-state index in [1.807, 2.05) is 42.5 Å². The number of nitrogens with one attached hydrogen (secondary N) is 1. The lowest BCUT2D eigenvalue weighted by molar-refractivity contribution is -0.386. The molecule has 1 fully saturated rings. The van der Waals surface area contributed by atoms with Crippen LogP contribution in [0.1, 0.15) is 23.8 Å². The molecule has 13 heteroatoms.